The zero-order valence-corrected chi connectivity index (χ0v) is 12.9. The first-order valence-electron chi connectivity index (χ1n) is 7.41. The summed E-state index contributed by atoms with van der Waals surface area (Å²) in [6, 6.07) is 10.5. The minimum Gasteiger partial charge on any atom is -0.337 e. The molecule has 0 aromatic carbocycles. The number of hydrogen-bond acceptors (Lipinski definition) is 6. The molecule has 0 amide bonds. The highest BCUT2D eigenvalue weighted by molar-refractivity contribution is 7.10. The van der Waals surface area contributed by atoms with Crippen molar-refractivity contribution in [1.82, 2.24) is 20.0 Å². The van der Waals surface area contributed by atoms with Crippen molar-refractivity contribution in [2.24, 2.45) is 0 Å². The van der Waals surface area contributed by atoms with Crippen LogP contribution in [0.1, 0.15) is 29.7 Å². The lowest BCUT2D eigenvalue weighted by atomic mass is 10.2. The van der Waals surface area contributed by atoms with E-state index in [0.717, 1.165) is 12.2 Å². The highest BCUT2D eigenvalue weighted by Crippen LogP contribution is 2.35. The predicted octanol–water partition coefficient (Wildman–Crippen LogP) is 3.53. The lowest BCUT2D eigenvalue weighted by Gasteiger charge is -2.21. The molecule has 6 heteroatoms. The second-order valence-electron chi connectivity index (χ2n) is 5.37. The molecule has 112 valence electrons. The summed E-state index contributed by atoms with van der Waals surface area (Å²) in [5, 5.41) is 6.18. The molecular weight excluding hydrogens is 296 g/mol. The van der Waals surface area contributed by atoms with E-state index in [0.29, 0.717) is 24.3 Å². The minimum atomic E-state index is 0.477. The first kappa shape index (κ1) is 13.6. The summed E-state index contributed by atoms with van der Waals surface area (Å²) in [7, 11) is 0. The lowest BCUT2D eigenvalue weighted by Crippen LogP contribution is -2.22. The van der Waals surface area contributed by atoms with Gasteiger partial charge in [-0.25, -0.2) is 0 Å². The molecule has 0 aliphatic carbocycles. The summed E-state index contributed by atoms with van der Waals surface area (Å²) in [6.45, 7) is 1.77. The average Bonchev–Trinajstić information content (AvgIpc) is 3.30. The Kier molecular flexibility index (Phi) is 3.70. The number of pyridine rings is 1. The summed E-state index contributed by atoms with van der Waals surface area (Å²) in [5.41, 5.74) is 0.744. The lowest BCUT2D eigenvalue weighted by molar-refractivity contribution is 0.214. The van der Waals surface area contributed by atoms with E-state index in [1.165, 1.54) is 17.7 Å². The Balaban J connectivity index is 1.51. The number of thiophene rings is 1. The van der Waals surface area contributed by atoms with Gasteiger partial charge in [0.25, 0.3) is 0 Å². The van der Waals surface area contributed by atoms with Crippen molar-refractivity contribution in [1.29, 1.82) is 0 Å². The highest BCUT2D eigenvalue weighted by Gasteiger charge is 2.28. The van der Waals surface area contributed by atoms with Crippen molar-refractivity contribution in [3.63, 3.8) is 0 Å². The molecule has 5 nitrogen and oxygen atoms in total. The van der Waals surface area contributed by atoms with Crippen LogP contribution in [-0.2, 0) is 6.54 Å². The molecule has 1 aliphatic rings. The van der Waals surface area contributed by atoms with Crippen molar-refractivity contribution in [3.8, 4) is 11.5 Å². The molecule has 1 saturated heterocycles. The molecule has 0 saturated carbocycles. The molecule has 0 radical (unpaired) electrons. The average molecular weight is 312 g/mol. The summed E-state index contributed by atoms with van der Waals surface area (Å²) in [4.78, 5) is 12.6. The third-order valence-electron chi connectivity index (χ3n) is 3.94. The molecule has 3 aromatic rings. The van der Waals surface area contributed by atoms with Crippen LogP contribution in [0.3, 0.4) is 0 Å². The maximum Gasteiger partial charge on any atom is 0.241 e. The van der Waals surface area contributed by atoms with Gasteiger partial charge in [0, 0.05) is 17.1 Å². The number of aromatic nitrogens is 3. The van der Waals surface area contributed by atoms with Crippen LogP contribution < -0.4 is 0 Å². The molecule has 1 unspecified atom stereocenters. The third kappa shape index (κ3) is 2.67. The second kappa shape index (κ2) is 5.98. The maximum absolute atomic E-state index is 5.41. The summed E-state index contributed by atoms with van der Waals surface area (Å²) >= 11 is 1.82. The molecule has 0 N–H and O–H groups in total. The summed E-state index contributed by atoms with van der Waals surface area (Å²) in [5.74, 6) is 1.21. The number of hydrogen-bond donors (Lipinski definition) is 0. The van der Waals surface area contributed by atoms with Gasteiger partial charge in [0.2, 0.25) is 11.7 Å². The van der Waals surface area contributed by atoms with Gasteiger partial charge in [-0.3, -0.25) is 9.88 Å². The van der Waals surface area contributed by atoms with E-state index in [2.05, 4.69) is 37.5 Å². The normalized spacial score (nSPS) is 18.8. The van der Waals surface area contributed by atoms with Gasteiger partial charge in [0.1, 0.15) is 5.69 Å². The van der Waals surface area contributed by atoms with E-state index in [1.54, 1.807) is 6.20 Å². The molecule has 1 aliphatic heterocycles. The molecule has 22 heavy (non-hydrogen) atoms. The van der Waals surface area contributed by atoms with E-state index >= 15 is 0 Å². The first-order valence-corrected chi connectivity index (χ1v) is 8.29. The van der Waals surface area contributed by atoms with E-state index in [-0.39, 0.29) is 0 Å². The smallest absolute Gasteiger partial charge is 0.241 e. The van der Waals surface area contributed by atoms with Crippen LogP contribution >= 0.6 is 11.3 Å². The SMILES string of the molecule is c1ccc(-c2noc(CN3CCCC3c3cccs3)n2)nc1. The molecule has 4 rings (SSSR count). The topological polar surface area (TPSA) is 55.1 Å². The van der Waals surface area contributed by atoms with Crippen LogP contribution in [-0.4, -0.2) is 26.6 Å². The Morgan fingerprint density at radius 3 is 3.09 bits per heavy atom. The van der Waals surface area contributed by atoms with Gasteiger partial charge in [-0.15, -0.1) is 11.3 Å². The Hall–Kier alpha value is -2.05. The van der Waals surface area contributed by atoms with Gasteiger partial charge < -0.3 is 4.52 Å². The van der Waals surface area contributed by atoms with Gasteiger partial charge in [0.05, 0.1) is 6.54 Å². The Morgan fingerprint density at radius 1 is 1.27 bits per heavy atom. The fraction of sp³-hybridized carbons (Fsp3) is 0.312. The van der Waals surface area contributed by atoms with E-state index in [4.69, 9.17) is 4.52 Å². The van der Waals surface area contributed by atoms with Gasteiger partial charge in [-0.1, -0.05) is 17.3 Å². The van der Waals surface area contributed by atoms with E-state index in [9.17, 15) is 0 Å². The van der Waals surface area contributed by atoms with Crippen LogP contribution in [0.2, 0.25) is 0 Å². The Bertz CT molecular complexity index is 726. The zero-order valence-electron chi connectivity index (χ0n) is 12.1. The minimum absolute atomic E-state index is 0.477. The van der Waals surface area contributed by atoms with Crippen LogP contribution in [0.15, 0.2) is 46.4 Å². The largest absolute Gasteiger partial charge is 0.337 e. The van der Waals surface area contributed by atoms with Crippen LogP contribution in [0, 0.1) is 0 Å². The van der Waals surface area contributed by atoms with Gasteiger partial charge in [-0.05, 0) is 43.0 Å². The Morgan fingerprint density at radius 2 is 2.27 bits per heavy atom. The predicted molar refractivity (Wildman–Crippen MR) is 84.2 cm³/mol. The van der Waals surface area contributed by atoms with Crippen molar-refractivity contribution in [3.05, 3.63) is 52.7 Å². The van der Waals surface area contributed by atoms with Gasteiger partial charge in [-0.2, -0.15) is 4.98 Å². The fourth-order valence-electron chi connectivity index (χ4n) is 2.91. The van der Waals surface area contributed by atoms with Crippen molar-refractivity contribution < 1.29 is 4.52 Å². The van der Waals surface area contributed by atoms with Crippen molar-refractivity contribution in [2.75, 3.05) is 6.54 Å². The standard InChI is InChI=1S/C16H16N4OS/c1-2-8-17-12(5-1)16-18-15(21-19-16)11-20-9-3-6-13(20)14-7-4-10-22-14/h1-2,4-5,7-8,10,13H,3,6,9,11H2. The van der Waals surface area contributed by atoms with Crippen LogP contribution in [0.5, 0.6) is 0 Å². The van der Waals surface area contributed by atoms with E-state index in [1.807, 2.05) is 29.5 Å². The summed E-state index contributed by atoms with van der Waals surface area (Å²) < 4.78 is 5.41. The number of rotatable bonds is 4. The van der Waals surface area contributed by atoms with Crippen molar-refractivity contribution >= 4 is 11.3 Å². The van der Waals surface area contributed by atoms with Gasteiger partial charge in [0.15, 0.2) is 0 Å². The quantitative estimate of drug-likeness (QED) is 0.737. The summed E-state index contributed by atoms with van der Waals surface area (Å²) in [6.07, 6.45) is 4.14. The Labute approximate surface area is 132 Å². The third-order valence-corrected chi connectivity index (χ3v) is 4.91. The van der Waals surface area contributed by atoms with Gasteiger partial charge >= 0.3 is 0 Å². The fourth-order valence-corrected chi connectivity index (χ4v) is 3.81. The maximum atomic E-state index is 5.41. The zero-order chi connectivity index (χ0) is 14.8. The molecule has 4 heterocycles. The molecule has 0 bridgehead atoms. The van der Waals surface area contributed by atoms with Crippen molar-refractivity contribution in [2.45, 2.75) is 25.4 Å². The second-order valence-corrected chi connectivity index (χ2v) is 6.35. The molecular formula is C16H16N4OS. The molecule has 0 spiro atoms. The van der Waals surface area contributed by atoms with Crippen LogP contribution in [0.25, 0.3) is 11.5 Å². The molecule has 1 atom stereocenters. The molecule has 3 aromatic heterocycles. The number of nitrogens with zero attached hydrogens (tertiary/aromatic N) is 4. The van der Waals surface area contributed by atoms with E-state index < -0.39 is 0 Å². The number of likely N-dealkylation sites (tertiary alicyclic amines) is 1. The van der Waals surface area contributed by atoms with Crippen LogP contribution in [0.4, 0.5) is 0 Å². The first-order chi connectivity index (χ1) is 10.9. The highest BCUT2D eigenvalue weighted by atomic mass is 32.1. The molecule has 1 fully saturated rings. The monoisotopic (exact) mass is 312 g/mol.